The maximum atomic E-state index is 9.27. The predicted molar refractivity (Wildman–Crippen MR) is 85.3 cm³/mol. The lowest BCUT2D eigenvalue weighted by molar-refractivity contribution is 0.194. The zero-order valence-corrected chi connectivity index (χ0v) is 13.3. The third-order valence-corrected chi connectivity index (χ3v) is 4.54. The highest BCUT2D eigenvalue weighted by Gasteiger charge is 2.26. The maximum Gasteiger partial charge on any atom is 0.158 e. The number of aliphatic hydroxyl groups excluding tert-OH is 1. The number of rotatable bonds is 4. The molecule has 0 aliphatic carbocycles. The Balaban J connectivity index is 1.73. The van der Waals surface area contributed by atoms with Crippen LogP contribution in [0.15, 0.2) is 24.3 Å². The van der Waals surface area contributed by atoms with Gasteiger partial charge in [-0.2, -0.15) is 5.26 Å². The van der Waals surface area contributed by atoms with Crippen LogP contribution in [0.3, 0.4) is 0 Å². The van der Waals surface area contributed by atoms with Crippen molar-refractivity contribution in [3.63, 3.8) is 0 Å². The number of likely N-dealkylation sites (tertiary alicyclic amines) is 1. The van der Waals surface area contributed by atoms with Gasteiger partial charge in [0.25, 0.3) is 0 Å². The molecule has 0 unspecified atom stereocenters. The van der Waals surface area contributed by atoms with Crippen LogP contribution in [-0.4, -0.2) is 37.9 Å². The molecule has 1 fully saturated rings. The van der Waals surface area contributed by atoms with Gasteiger partial charge in [0.2, 0.25) is 0 Å². The number of hydrogen-bond donors (Lipinski definition) is 1. The van der Waals surface area contributed by atoms with Crippen molar-refractivity contribution in [2.75, 3.05) is 13.1 Å². The van der Waals surface area contributed by atoms with Gasteiger partial charge in [-0.15, -0.1) is 10.2 Å². The monoisotopic (exact) mass is 311 g/mol. The number of nitrogens with zero attached hydrogens (tertiary/aromatic N) is 5. The van der Waals surface area contributed by atoms with Gasteiger partial charge in [0.1, 0.15) is 12.4 Å². The van der Waals surface area contributed by atoms with Crippen LogP contribution in [0.1, 0.15) is 41.5 Å². The first kappa shape index (κ1) is 15.7. The molecule has 6 nitrogen and oxygen atoms in total. The second-order valence-corrected chi connectivity index (χ2v) is 6.03. The number of piperidine rings is 1. The molecule has 120 valence electrons. The van der Waals surface area contributed by atoms with Crippen molar-refractivity contribution in [3.05, 3.63) is 47.0 Å². The van der Waals surface area contributed by atoms with E-state index in [1.165, 1.54) is 0 Å². The summed E-state index contributed by atoms with van der Waals surface area (Å²) in [5.74, 6) is 1.86. The van der Waals surface area contributed by atoms with Gasteiger partial charge in [-0.1, -0.05) is 18.2 Å². The quantitative estimate of drug-likeness (QED) is 0.927. The van der Waals surface area contributed by atoms with E-state index in [4.69, 9.17) is 0 Å². The molecule has 0 radical (unpaired) electrons. The summed E-state index contributed by atoms with van der Waals surface area (Å²) in [4.78, 5) is 2.37. The molecular formula is C17H21N5O. The van der Waals surface area contributed by atoms with Crippen molar-refractivity contribution in [1.29, 1.82) is 5.26 Å². The topological polar surface area (TPSA) is 78.0 Å². The molecule has 2 aromatic rings. The SMILES string of the molecule is Cn1c(CO)nnc1[C@@H]1CCCN(Cc2ccccc2C#N)C1. The third kappa shape index (κ3) is 3.26. The van der Waals surface area contributed by atoms with E-state index in [9.17, 15) is 10.4 Å². The highest BCUT2D eigenvalue weighted by molar-refractivity contribution is 5.37. The standard InChI is InChI=1S/C17H21N5O/c1-21-16(12-23)19-20-17(21)15-7-4-8-22(11-15)10-14-6-3-2-5-13(14)9-18/h2-3,5-6,15,23H,4,7-8,10-12H2,1H3/t15-/m1/s1. The normalized spacial score (nSPS) is 18.7. The van der Waals surface area contributed by atoms with Gasteiger partial charge >= 0.3 is 0 Å². The van der Waals surface area contributed by atoms with Gasteiger partial charge < -0.3 is 9.67 Å². The van der Waals surface area contributed by atoms with Crippen molar-refractivity contribution in [2.45, 2.75) is 31.9 Å². The summed E-state index contributed by atoms with van der Waals surface area (Å²) < 4.78 is 1.90. The van der Waals surface area contributed by atoms with E-state index in [-0.39, 0.29) is 6.61 Å². The van der Waals surface area contributed by atoms with Crippen LogP contribution < -0.4 is 0 Å². The molecule has 6 heteroatoms. The second-order valence-electron chi connectivity index (χ2n) is 6.03. The van der Waals surface area contributed by atoms with Crippen LogP contribution in [-0.2, 0) is 20.2 Å². The van der Waals surface area contributed by atoms with E-state index >= 15 is 0 Å². The molecule has 3 rings (SSSR count). The molecule has 0 spiro atoms. The number of aliphatic hydroxyl groups is 1. The number of hydrogen-bond acceptors (Lipinski definition) is 5. The van der Waals surface area contributed by atoms with Gasteiger partial charge in [-0.05, 0) is 31.0 Å². The van der Waals surface area contributed by atoms with E-state index in [0.29, 0.717) is 11.7 Å². The van der Waals surface area contributed by atoms with Crippen LogP contribution in [0, 0.1) is 11.3 Å². The summed E-state index contributed by atoms with van der Waals surface area (Å²) in [5.41, 5.74) is 1.82. The molecule has 1 aromatic carbocycles. The van der Waals surface area contributed by atoms with Gasteiger partial charge in [0, 0.05) is 26.1 Å². The molecule has 0 amide bonds. The predicted octanol–water partition coefficient (Wildman–Crippen LogP) is 1.56. The highest BCUT2D eigenvalue weighted by atomic mass is 16.3. The zero-order valence-electron chi connectivity index (χ0n) is 13.3. The Morgan fingerprint density at radius 2 is 2.17 bits per heavy atom. The van der Waals surface area contributed by atoms with Gasteiger partial charge in [0.05, 0.1) is 11.6 Å². The van der Waals surface area contributed by atoms with Crippen molar-refractivity contribution in [3.8, 4) is 6.07 Å². The molecule has 0 saturated carbocycles. The van der Waals surface area contributed by atoms with E-state index in [0.717, 1.165) is 49.4 Å². The molecule has 1 aromatic heterocycles. The lowest BCUT2D eigenvalue weighted by Gasteiger charge is -2.32. The average molecular weight is 311 g/mol. The Kier molecular flexibility index (Phi) is 4.70. The summed E-state index contributed by atoms with van der Waals surface area (Å²) in [7, 11) is 1.91. The van der Waals surface area contributed by atoms with Gasteiger partial charge in [-0.25, -0.2) is 0 Å². The third-order valence-electron chi connectivity index (χ3n) is 4.54. The Labute approximate surface area is 136 Å². The van der Waals surface area contributed by atoms with Crippen LogP contribution in [0.4, 0.5) is 0 Å². The van der Waals surface area contributed by atoms with E-state index in [1.54, 1.807) is 0 Å². The van der Waals surface area contributed by atoms with Gasteiger partial charge in [0.15, 0.2) is 5.82 Å². The lowest BCUT2D eigenvalue weighted by Crippen LogP contribution is -2.35. The van der Waals surface area contributed by atoms with Crippen molar-refractivity contribution < 1.29 is 5.11 Å². The van der Waals surface area contributed by atoms with Gasteiger partial charge in [-0.3, -0.25) is 4.90 Å². The molecule has 1 N–H and O–H groups in total. The Morgan fingerprint density at radius 3 is 2.91 bits per heavy atom. The molecule has 0 bridgehead atoms. The minimum atomic E-state index is -0.0878. The fourth-order valence-electron chi connectivity index (χ4n) is 3.29. The van der Waals surface area contributed by atoms with Crippen LogP contribution in [0.5, 0.6) is 0 Å². The maximum absolute atomic E-state index is 9.27. The largest absolute Gasteiger partial charge is 0.388 e. The fourth-order valence-corrected chi connectivity index (χ4v) is 3.29. The zero-order chi connectivity index (χ0) is 16.2. The van der Waals surface area contributed by atoms with E-state index in [1.807, 2.05) is 35.9 Å². The van der Waals surface area contributed by atoms with Crippen molar-refractivity contribution in [1.82, 2.24) is 19.7 Å². The molecule has 1 aliphatic heterocycles. The summed E-state index contributed by atoms with van der Waals surface area (Å²) in [6, 6.07) is 10.0. The molecule has 1 aliphatic rings. The number of aromatic nitrogens is 3. The summed E-state index contributed by atoms with van der Waals surface area (Å²) in [5, 5.41) is 26.8. The van der Waals surface area contributed by atoms with E-state index in [2.05, 4.69) is 21.2 Å². The van der Waals surface area contributed by atoms with Crippen molar-refractivity contribution >= 4 is 0 Å². The molecule has 1 atom stereocenters. The highest BCUT2D eigenvalue weighted by Crippen LogP contribution is 2.27. The fraction of sp³-hybridized carbons (Fsp3) is 0.471. The first-order chi connectivity index (χ1) is 11.2. The number of nitriles is 1. The summed E-state index contributed by atoms with van der Waals surface area (Å²) in [6.45, 7) is 2.62. The molecular weight excluding hydrogens is 290 g/mol. The summed E-state index contributed by atoms with van der Waals surface area (Å²) in [6.07, 6.45) is 2.18. The molecule has 23 heavy (non-hydrogen) atoms. The Bertz CT molecular complexity index is 718. The Morgan fingerprint density at radius 1 is 1.35 bits per heavy atom. The lowest BCUT2D eigenvalue weighted by atomic mass is 9.96. The first-order valence-electron chi connectivity index (χ1n) is 7.92. The smallest absolute Gasteiger partial charge is 0.158 e. The molecule has 1 saturated heterocycles. The minimum absolute atomic E-state index is 0.0878. The van der Waals surface area contributed by atoms with Crippen LogP contribution >= 0.6 is 0 Å². The first-order valence-corrected chi connectivity index (χ1v) is 7.92. The van der Waals surface area contributed by atoms with Crippen LogP contribution in [0.25, 0.3) is 0 Å². The Hall–Kier alpha value is -2.23. The van der Waals surface area contributed by atoms with E-state index < -0.39 is 0 Å². The minimum Gasteiger partial charge on any atom is -0.388 e. The molecule has 2 heterocycles. The second kappa shape index (κ2) is 6.90. The number of benzene rings is 1. The average Bonchev–Trinajstić information content (AvgIpc) is 2.96. The van der Waals surface area contributed by atoms with Crippen molar-refractivity contribution in [2.24, 2.45) is 7.05 Å². The van der Waals surface area contributed by atoms with Crippen LogP contribution in [0.2, 0.25) is 0 Å². The summed E-state index contributed by atoms with van der Waals surface area (Å²) >= 11 is 0.